The van der Waals surface area contributed by atoms with Gasteiger partial charge in [-0.25, -0.2) is 0 Å². The molecule has 1 fully saturated rings. The number of amides is 2. The Kier molecular flexibility index (Phi) is 3.85. The van der Waals surface area contributed by atoms with Gasteiger partial charge in [-0.2, -0.15) is 0 Å². The molecular formula is C19H27N3O2. The van der Waals surface area contributed by atoms with Gasteiger partial charge >= 0.3 is 0 Å². The Hall–Kier alpha value is -2.04. The third-order valence-corrected chi connectivity index (χ3v) is 5.64. The molecule has 2 N–H and O–H groups in total. The smallest absolute Gasteiger partial charge is 0.255 e. The summed E-state index contributed by atoms with van der Waals surface area (Å²) in [6.45, 7) is 10.9. The molecule has 2 amide bonds. The van der Waals surface area contributed by atoms with Crippen molar-refractivity contribution >= 4 is 17.5 Å². The normalized spacial score (nSPS) is 25.7. The van der Waals surface area contributed by atoms with Gasteiger partial charge in [0.1, 0.15) is 0 Å². The summed E-state index contributed by atoms with van der Waals surface area (Å²) < 4.78 is 0. The monoisotopic (exact) mass is 329 g/mol. The number of nitrogens with zero attached hydrogens (tertiary/aromatic N) is 1. The second kappa shape index (κ2) is 5.50. The van der Waals surface area contributed by atoms with Crippen LogP contribution in [0.15, 0.2) is 18.2 Å². The predicted octanol–water partition coefficient (Wildman–Crippen LogP) is 2.91. The summed E-state index contributed by atoms with van der Waals surface area (Å²) in [7, 11) is 0. The van der Waals surface area contributed by atoms with Gasteiger partial charge in [-0.1, -0.05) is 6.07 Å². The lowest BCUT2D eigenvalue weighted by Gasteiger charge is -2.53. The van der Waals surface area contributed by atoms with Crippen LogP contribution in [0, 0.1) is 0 Å². The van der Waals surface area contributed by atoms with Gasteiger partial charge in [0, 0.05) is 35.8 Å². The maximum absolute atomic E-state index is 13.1. The fourth-order valence-electron chi connectivity index (χ4n) is 3.87. The van der Waals surface area contributed by atoms with E-state index in [0.29, 0.717) is 25.4 Å². The average Bonchev–Trinajstić information content (AvgIpc) is 2.81. The maximum atomic E-state index is 13.1. The van der Waals surface area contributed by atoms with E-state index in [1.807, 2.05) is 36.9 Å². The highest BCUT2D eigenvalue weighted by Gasteiger charge is 2.53. The Balaban J connectivity index is 1.97. The third kappa shape index (κ3) is 2.46. The van der Waals surface area contributed by atoms with Gasteiger partial charge in [0.05, 0.1) is 11.1 Å². The Morgan fingerprint density at radius 3 is 2.54 bits per heavy atom. The molecule has 3 rings (SSSR count). The first-order valence-electron chi connectivity index (χ1n) is 8.67. The summed E-state index contributed by atoms with van der Waals surface area (Å²) in [6, 6.07) is 6.18. The lowest BCUT2D eigenvalue weighted by molar-refractivity contribution is -0.129. The van der Waals surface area contributed by atoms with Crippen LogP contribution in [0.1, 0.15) is 63.4 Å². The second-order valence-corrected chi connectivity index (χ2v) is 7.97. The van der Waals surface area contributed by atoms with E-state index in [0.717, 1.165) is 16.8 Å². The minimum Gasteiger partial charge on any atom is -0.383 e. The van der Waals surface area contributed by atoms with E-state index in [4.69, 9.17) is 0 Å². The number of nitrogens with one attached hydrogen (secondary N) is 2. The van der Waals surface area contributed by atoms with E-state index in [9.17, 15) is 9.59 Å². The number of benzene rings is 1. The first-order valence-corrected chi connectivity index (χ1v) is 8.67. The van der Waals surface area contributed by atoms with Crippen LogP contribution >= 0.6 is 0 Å². The van der Waals surface area contributed by atoms with Crippen LogP contribution < -0.4 is 10.6 Å². The molecule has 24 heavy (non-hydrogen) atoms. The summed E-state index contributed by atoms with van der Waals surface area (Å²) >= 11 is 0. The zero-order chi connectivity index (χ0) is 17.7. The van der Waals surface area contributed by atoms with Crippen LogP contribution in [-0.4, -0.2) is 33.8 Å². The topological polar surface area (TPSA) is 61.4 Å². The number of fused-ring (bicyclic) bond motifs is 1. The van der Waals surface area contributed by atoms with Gasteiger partial charge in [-0.05, 0) is 53.2 Å². The Bertz CT molecular complexity index is 696. The van der Waals surface area contributed by atoms with E-state index in [1.165, 1.54) is 0 Å². The minimum absolute atomic E-state index is 0.0591. The van der Waals surface area contributed by atoms with E-state index < -0.39 is 11.1 Å². The number of rotatable bonds is 3. The molecule has 1 saturated heterocycles. The van der Waals surface area contributed by atoms with E-state index in [-0.39, 0.29) is 11.8 Å². The summed E-state index contributed by atoms with van der Waals surface area (Å²) in [4.78, 5) is 26.9. The first kappa shape index (κ1) is 16.8. The number of carbonyl (C=O) groups is 2. The summed E-state index contributed by atoms with van der Waals surface area (Å²) in [5, 5.41) is 6.51. The van der Waals surface area contributed by atoms with Crippen molar-refractivity contribution in [1.82, 2.24) is 10.2 Å². The molecule has 1 aromatic rings. The molecule has 2 aliphatic rings. The molecule has 0 bridgehead atoms. The number of hydrogen-bond donors (Lipinski definition) is 2. The molecule has 130 valence electrons. The molecular weight excluding hydrogens is 302 g/mol. The molecule has 0 aliphatic carbocycles. The molecule has 1 unspecified atom stereocenters. The summed E-state index contributed by atoms with van der Waals surface area (Å²) in [5.74, 6) is 0.118. The van der Waals surface area contributed by atoms with Gasteiger partial charge in [0.15, 0.2) is 0 Å². The highest BCUT2D eigenvalue weighted by atomic mass is 16.2. The van der Waals surface area contributed by atoms with Crippen LogP contribution in [0.25, 0.3) is 0 Å². The lowest BCUT2D eigenvalue weighted by atomic mass is 9.73. The van der Waals surface area contributed by atoms with Crippen LogP contribution in [0.3, 0.4) is 0 Å². The Labute approximate surface area is 143 Å². The fraction of sp³-hybridized carbons (Fsp3) is 0.579. The van der Waals surface area contributed by atoms with Crippen molar-refractivity contribution in [3.05, 3.63) is 29.3 Å². The van der Waals surface area contributed by atoms with Gasteiger partial charge in [-0.3, -0.25) is 9.59 Å². The number of hydrogen-bond acceptors (Lipinski definition) is 3. The quantitative estimate of drug-likeness (QED) is 0.896. The zero-order valence-electron chi connectivity index (χ0n) is 15.2. The van der Waals surface area contributed by atoms with Crippen molar-refractivity contribution in [1.29, 1.82) is 0 Å². The highest BCUT2D eigenvalue weighted by molar-refractivity contribution is 6.00. The van der Waals surface area contributed by atoms with Gasteiger partial charge < -0.3 is 15.5 Å². The number of carbonyl (C=O) groups excluding carboxylic acids is 2. The van der Waals surface area contributed by atoms with Crippen LogP contribution in [-0.2, 0) is 11.3 Å². The van der Waals surface area contributed by atoms with E-state index >= 15 is 0 Å². The van der Waals surface area contributed by atoms with Crippen LogP contribution in [0.2, 0.25) is 0 Å². The van der Waals surface area contributed by atoms with Crippen molar-refractivity contribution in [3.8, 4) is 0 Å². The van der Waals surface area contributed by atoms with E-state index in [2.05, 4.69) is 31.4 Å². The van der Waals surface area contributed by atoms with Crippen LogP contribution in [0.5, 0.6) is 0 Å². The Morgan fingerprint density at radius 2 is 1.92 bits per heavy atom. The molecule has 1 atom stereocenters. The molecule has 0 spiro atoms. The maximum Gasteiger partial charge on any atom is 0.255 e. The van der Waals surface area contributed by atoms with Gasteiger partial charge in [0.25, 0.3) is 5.91 Å². The first-order chi connectivity index (χ1) is 11.2. The molecule has 2 aliphatic heterocycles. The lowest BCUT2D eigenvalue weighted by Crippen LogP contribution is -2.69. The highest BCUT2D eigenvalue weighted by Crippen LogP contribution is 2.42. The largest absolute Gasteiger partial charge is 0.383 e. The van der Waals surface area contributed by atoms with Gasteiger partial charge in [0.2, 0.25) is 5.91 Å². The van der Waals surface area contributed by atoms with Gasteiger partial charge in [-0.15, -0.1) is 0 Å². The second-order valence-electron chi connectivity index (χ2n) is 7.97. The summed E-state index contributed by atoms with van der Waals surface area (Å²) in [5.41, 5.74) is 1.98. The molecule has 1 aromatic carbocycles. The predicted molar refractivity (Wildman–Crippen MR) is 94.9 cm³/mol. The number of anilines is 1. The van der Waals surface area contributed by atoms with Crippen molar-refractivity contribution in [2.45, 2.75) is 71.1 Å². The van der Waals surface area contributed by atoms with Crippen LogP contribution in [0.4, 0.5) is 5.69 Å². The molecule has 0 radical (unpaired) electrons. The average molecular weight is 329 g/mol. The summed E-state index contributed by atoms with van der Waals surface area (Å²) in [6.07, 6.45) is 1.13. The van der Waals surface area contributed by atoms with Crippen molar-refractivity contribution in [3.63, 3.8) is 0 Å². The van der Waals surface area contributed by atoms with Crippen molar-refractivity contribution in [2.75, 3.05) is 5.32 Å². The van der Waals surface area contributed by atoms with E-state index in [1.54, 1.807) is 0 Å². The SMILES string of the molecule is CC(C)Nc1cccc2c1CN(C1(C)CCC(=O)NC1(C)C)C2=O. The molecule has 0 saturated carbocycles. The van der Waals surface area contributed by atoms with Crippen molar-refractivity contribution < 1.29 is 9.59 Å². The molecule has 2 heterocycles. The number of piperidine rings is 1. The third-order valence-electron chi connectivity index (χ3n) is 5.64. The minimum atomic E-state index is -0.467. The Morgan fingerprint density at radius 1 is 1.21 bits per heavy atom. The van der Waals surface area contributed by atoms with Crippen molar-refractivity contribution in [2.24, 2.45) is 0 Å². The molecule has 0 aromatic heterocycles. The molecule has 5 heteroatoms. The fourth-order valence-corrected chi connectivity index (χ4v) is 3.87. The zero-order valence-corrected chi connectivity index (χ0v) is 15.2. The standard InChI is InChI=1S/C19H27N3O2/c1-12(2)20-15-8-6-7-13-14(15)11-22(17(13)24)19(5)10-9-16(23)21-18(19,3)4/h6-8,12,20H,9-11H2,1-5H3,(H,21,23). The molecule has 5 nitrogen and oxygen atoms in total.